The molecular weight excluding hydrogens is 126 g/mol. The lowest BCUT2D eigenvalue weighted by Crippen LogP contribution is -2.30. The van der Waals surface area contributed by atoms with E-state index < -0.39 is 0 Å². The van der Waals surface area contributed by atoms with E-state index in [1.807, 2.05) is 20.0 Å². The first-order chi connectivity index (χ1) is 4.72. The maximum Gasteiger partial charge on any atom is 0.225 e. The predicted molar refractivity (Wildman–Crippen MR) is 40.6 cm³/mol. The van der Waals surface area contributed by atoms with Crippen molar-refractivity contribution in [3.63, 3.8) is 0 Å². The Balaban J connectivity index is 2.65. The molecule has 0 aliphatic carbocycles. The normalized spacial score (nSPS) is 26.8. The maximum atomic E-state index is 11.2. The van der Waals surface area contributed by atoms with Crippen LogP contribution < -0.4 is 0 Å². The summed E-state index contributed by atoms with van der Waals surface area (Å²) in [4.78, 5) is 13.0. The number of nitrogens with zero attached hydrogens (tertiary/aromatic N) is 1. The Morgan fingerprint density at radius 2 is 2.30 bits per heavy atom. The number of hydrogen-bond donors (Lipinski definition) is 0. The minimum atomic E-state index is 0.170. The summed E-state index contributed by atoms with van der Waals surface area (Å²) >= 11 is 0. The molecule has 56 valence electrons. The molecular formula is C8H13NO. The molecule has 0 fully saturated rings. The van der Waals surface area contributed by atoms with Gasteiger partial charge in [0.15, 0.2) is 0 Å². The third-order valence-electron chi connectivity index (χ3n) is 1.83. The average Bonchev–Trinajstić information content (AvgIpc) is 2.04. The Labute approximate surface area is 61.5 Å². The molecule has 0 saturated carbocycles. The molecule has 10 heavy (non-hydrogen) atoms. The number of carbonyl (C=O) groups is 1. The maximum absolute atomic E-state index is 11.2. The van der Waals surface area contributed by atoms with Gasteiger partial charge in [0.05, 0.1) is 0 Å². The van der Waals surface area contributed by atoms with E-state index in [-0.39, 0.29) is 11.8 Å². The number of likely N-dealkylation sites (N-methyl/N-ethyl adjacent to an activating group) is 1. The standard InChI is InChI=1S/C8H13NO/c1-7-5-3-4-6-9(2)8(7)10/h3-4,7H,5-6H2,1-2H3. The van der Waals surface area contributed by atoms with Crippen LogP contribution in [0.2, 0.25) is 0 Å². The zero-order valence-electron chi connectivity index (χ0n) is 6.50. The summed E-state index contributed by atoms with van der Waals surface area (Å²) in [6.45, 7) is 2.73. The summed E-state index contributed by atoms with van der Waals surface area (Å²) in [5, 5.41) is 0. The van der Waals surface area contributed by atoms with Crippen LogP contribution in [0.4, 0.5) is 0 Å². The molecule has 0 N–H and O–H groups in total. The minimum absolute atomic E-state index is 0.170. The van der Waals surface area contributed by atoms with Crippen molar-refractivity contribution in [2.45, 2.75) is 13.3 Å². The Morgan fingerprint density at radius 3 is 3.00 bits per heavy atom. The van der Waals surface area contributed by atoms with Gasteiger partial charge in [-0.3, -0.25) is 4.79 Å². The first-order valence-electron chi connectivity index (χ1n) is 3.62. The molecule has 0 bridgehead atoms. The molecule has 1 amide bonds. The lowest BCUT2D eigenvalue weighted by Gasteiger charge is -2.15. The Kier molecular flexibility index (Phi) is 2.10. The van der Waals surface area contributed by atoms with E-state index in [0.717, 1.165) is 13.0 Å². The van der Waals surface area contributed by atoms with Crippen LogP contribution in [0, 0.1) is 5.92 Å². The highest BCUT2D eigenvalue weighted by Crippen LogP contribution is 2.09. The fourth-order valence-corrected chi connectivity index (χ4v) is 1.10. The van der Waals surface area contributed by atoms with Crippen LogP contribution >= 0.6 is 0 Å². The molecule has 0 aromatic carbocycles. The minimum Gasteiger partial charge on any atom is -0.342 e. The highest BCUT2D eigenvalue weighted by Gasteiger charge is 2.16. The van der Waals surface area contributed by atoms with E-state index in [4.69, 9.17) is 0 Å². The zero-order chi connectivity index (χ0) is 7.56. The molecule has 1 unspecified atom stereocenters. The van der Waals surface area contributed by atoms with Crippen molar-refractivity contribution in [1.29, 1.82) is 0 Å². The smallest absolute Gasteiger partial charge is 0.225 e. The Bertz CT molecular complexity index is 147. The number of rotatable bonds is 0. The first-order valence-corrected chi connectivity index (χ1v) is 3.62. The number of allylic oxidation sites excluding steroid dienone is 1. The summed E-state index contributed by atoms with van der Waals surface area (Å²) in [5.41, 5.74) is 0. The quantitative estimate of drug-likeness (QED) is 0.459. The van der Waals surface area contributed by atoms with E-state index in [1.165, 1.54) is 0 Å². The fourth-order valence-electron chi connectivity index (χ4n) is 1.10. The number of amides is 1. The van der Waals surface area contributed by atoms with Gasteiger partial charge in [-0.25, -0.2) is 0 Å². The summed E-state index contributed by atoms with van der Waals surface area (Å²) in [6.07, 6.45) is 5.01. The Morgan fingerprint density at radius 1 is 1.60 bits per heavy atom. The third-order valence-corrected chi connectivity index (χ3v) is 1.83. The SMILES string of the molecule is CC1CC=CCN(C)C1=O. The lowest BCUT2D eigenvalue weighted by molar-refractivity contribution is -0.132. The molecule has 2 heteroatoms. The second kappa shape index (κ2) is 2.86. The summed E-state index contributed by atoms with van der Waals surface area (Å²) in [5.74, 6) is 0.425. The molecule has 0 radical (unpaired) electrons. The van der Waals surface area contributed by atoms with Crippen molar-refractivity contribution in [1.82, 2.24) is 4.90 Å². The van der Waals surface area contributed by atoms with Gasteiger partial charge in [0.1, 0.15) is 0 Å². The van der Waals surface area contributed by atoms with Crippen LogP contribution in [0.5, 0.6) is 0 Å². The lowest BCUT2D eigenvalue weighted by atomic mass is 10.1. The zero-order valence-corrected chi connectivity index (χ0v) is 6.50. The van der Waals surface area contributed by atoms with Crippen LogP contribution in [-0.2, 0) is 4.79 Å². The molecule has 1 aliphatic heterocycles. The molecule has 1 heterocycles. The van der Waals surface area contributed by atoms with Crippen molar-refractivity contribution in [2.24, 2.45) is 5.92 Å². The highest BCUT2D eigenvalue weighted by molar-refractivity contribution is 5.78. The molecule has 2 nitrogen and oxygen atoms in total. The van der Waals surface area contributed by atoms with Gasteiger partial charge in [-0.15, -0.1) is 0 Å². The molecule has 0 aromatic heterocycles. The van der Waals surface area contributed by atoms with Crippen molar-refractivity contribution < 1.29 is 4.79 Å². The van der Waals surface area contributed by atoms with Crippen molar-refractivity contribution >= 4 is 5.91 Å². The largest absolute Gasteiger partial charge is 0.342 e. The average molecular weight is 139 g/mol. The van der Waals surface area contributed by atoms with Crippen molar-refractivity contribution in [2.75, 3.05) is 13.6 Å². The van der Waals surface area contributed by atoms with Crippen LogP contribution in [0.25, 0.3) is 0 Å². The van der Waals surface area contributed by atoms with Gasteiger partial charge in [0, 0.05) is 19.5 Å². The van der Waals surface area contributed by atoms with Crippen LogP contribution in [0.1, 0.15) is 13.3 Å². The summed E-state index contributed by atoms with van der Waals surface area (Å²) < 4.78 is 0. The second-order valence-corrected chi connectivity index (χ2v) is 2.83. The molecule has 1 atom stereocenters. The third kappa shape index (κ3) is 1.38. The Hall–Kier alpha value is -0.790. The van der Waals surface area contributed by atoms with Gasteiger partial charge in [0.2, 0.25) is 5.91 Å². The topological polar surface area (TPSA) is 20.3 Å². The number of hydrogen-bond acceptors (Lipinski definition) is 1. The van der Waals surface area contributed by atoms with Gasteiger partial charge in [-0.2, -0.15) is 0 Å². The van der Waals surface area contributed by atoms with Gasteiger partial charge in [-0.1, -0.05) is 19.1 Å². The van der Waals surface area contributed by atoms with Crippen molar-refractivity contribution in [3.8, 4) is 0 Å². The second-order valence-electron chi connectivity index (χ2n) is 2.83. The molecule has 1 rings (SSSR count). The molecule has 1 aliphatic rings. The number of carbonyl (C=O) groups excluding carboxylic acids is 1. The predicted octanol–water partition coefficient (Wildman–Crippen LogP) is 1.04. The summed E-state index contributed by atoms with van der Waals surface area (Å²) in [6, 6.07) is 0. The molecule has 0 aromatic rings. The highest BCUT2D eigenvalue weighted by atomic mass is 16.2. The van der Waals surface area contributed by atoms with Gasteiger partial charge >= 0.3 is 0 Å². The fraction of sp³-hybridized carbons (Fsp3) is 0.625. The van der Waals surface area contributed by atoms with Gasteiger partial charge < -0.3 is 4.90 Å². The first kappa shape index (κ1) is 7.32. The van der Waals surface area contributed by atoms with E-state index in [0.29, 0.717) is 0 Å². The van der Waals surface area contributed by atoms with Gasteiger partial charge in [0.25, 0.3) is 0 Å². The summed E-state index contributed by atoms with van der Waals surface area (Å²) in [7, 11) is 1.84. The van der Waals surface area contributed by atoms with Crippen molar-refractivity contribution in [3.05, 3.63) is 12.2 Å². The van der Waals surface area contributed by atoms with Crippen LogP contribution in [0.3, 0.4) is 0 Å². The molecule has 0 spiro atoms. The van der Waals surface area contributed by atoms with Crippen LogP contribution in [-0.4, -0.2) is 24.4 Å². The van der Waals surface area contributed by atoms with E-state index in [9.17, 15) is 4.79 Å². The van der Waals surface area contributed by atoms with Gasteiger partial charge in [-0.05, 0) is 6.42 Å². The molecule has 0 saturated heterocycles. The van der Waals surface area contributed by atoms with E-state index >= 15 is 0 Å². The van der Waals surface area contributed by atoms with E-state index in [1.54, 1.807) is 4.90 Å². The van der Waals surface area contributed by atoms with E-state index in [2.05, 4.69) is 6.08 Å². The van der Waals surface area contributed by atoms with Crippen LogP contribution in [0.15, 0.2) is 12.2 Å². The monoisotopic (exact) mass is 139 g/mol.